The van der Waals surface area contributed by atoms with Gasteiger partial charge in [-0.3, -0.25) is 9.20 Å². The van der Waals surface area contributed by atoms with E-state index in [2.05, 4.69) is 4.98 Å². The molecule has 1 aliphatic rings. The van der Waals surface area contributed by atoms with Gasteiger partial charge in [-0.25, -0.2) is 17.8 Å². The number of hydrogen-bond acceptors (Lipinski definition) is 4. The second-order valence-corrected chi connectivity index (χ2v) is 9.17. The number of nitrogens with zero attached hydrogens (tertiary/aromatic N) is 3. The summed E-state index contributed by atoms with van der Waals surface area (Å²) in [7, 11) is -3.71. The number of halogens is 1. The Morgan fingerprint density at radius 2 is 1.83 bits per heavy atom. The number of piperazine rings is 1. The van der Waals surface area contributed by atoms with Gasteiger partial charge in [0.1, 0.15) is 23.7 Å². The molecule has 4 rings (SSSR count). The van der Waals surface area contributed by atoms with Crippen LogP contribution in [0.4, 0.5) is 4.39 Å². The number of pyridine rings is 1. The summed E-state index contributed by atoms with van der Waals surface area (Å²) in [6.07, 6.45) is 0. The maximum Gasteiger partial charge on any atom is 0.258 e. The van der Waals surface area contributed by atoms with E-state index in [1.54, 1.807) is 16.5 Å². The Morgan fingerprint density at radius 1 is 1.10 bits per heavy atom. The molecule has 0 aliphatic carbocycles. The Balaban J connectivity index is 1.47. The molecule has 1 fully saturated rings. The Morgan fingerprint density at radius 3 is 2.55 bits per heavy atom. The van der Waals surface area contributed by atoms with Gasteiger partial charge >= 0.3 is 0 Å². The molecule has 0 atom stereocenters. The van der Waals surface area contributed by atoms with Gasteiger partial charge in [0, 0.05) is 11.8 Å². The van der Waals surface area contributed by atoms with Crippen LogP contribution in [0.15, 0.2) is 58.2 Å². The number of hydrogen-bond donors (Lipinski definition) is 1. The molecule has 1 saturated heterocycles. The van der Waals surface area contributed by atoms with Crippen LogP contribution in [0, 0.1) is 12.7 Å². The maximum absolute atomic E-state index is 13.4. The van der Waals surface area contributed by atoms with Gasteiger partial charge in [0.05, 0.1) is 31.1 Å². The molecule has 0 spiro atoms. The topological polar surface area (TPSA) is 76.2 Å². The predicted molar refractivity (Wildman–Crippen MR) is 106 cm³/mol. The maximum atomic E-state index is 13.4. The lowest BCUT2D eigenvalue weighted by Gasteiger charge is -2.31. The highest BCUT2D eigenvalue weighted by atomic mass is 32.2. The summed E-state index contributed by atoms with van der Waals surface area (Å²) in [4.78, 5) is 18.1. The highest BCUT2D eigenvalue weighted by Crippen LogP contribution is 2.16. The van der Waals surface area contributed by atoms with Gasteiger partial charge in [-0.15, -0.1) is 0 Å². The van der Waals surface area contributed by atoms with Crippen molar-refractivity contribution < 1.29 is 17.7 Å². The normalized spacial score (nSPS) is 16.3. The molecule has 0 saturated carbocycles. The minimum atomic E-state index is -3.71. The van der Waals surface area contributed by atoms with E-state index in [-0.39, 0.29) is 10.5 Å². The lowest BCUT2D eigenvalue weighted by molar-refractivity contribution is -0.917. The molecule has 0 bridgehead atoms. The summed E-state index contributed by atoms with van der Waals surface area (Å²) in [6.45, 7) is 4.25. The number of fused-ring (bicyclic) bond motifs is 1. The van der Waals surface area contributed by atoms with Crippen LogP contribution in [0.3, 0.4) is 0 Å². The average Bonchev–Trinajstić information content (AvgIpc) is 2.68. The highest BCUT2D eigenvalue weighted by molar-refractivity contribution is 7.89. The molecule has 29 heavy (non-hydrogen) atoms. The SMILES string of the molecule is Cc1cccc2nc(C[NH+]3CCN(S(=O)(=O)c4cccc(F)c4)CC3)cc(=O)n12. The molecule has 9 heteroatoms. The third-order valence-corrected chi connectivity index (χ3v) is 7.12. The van der Waals surface area contributed by atoms with Crippen LogP contribution in [0.25, 0.3) is 5.65 Å². The van der Waals surface area contributed by atoms with E-state index in [0.29, 0.717) is 44.1 Å². The summed E-state index contributed by atoms with van der Waals surface area (Å²) < 4.78 is 41.8. The minimum absolute atomic E-state index is 0.0273. The van der Waals surface area contributed by atoms with Gasteiger partial charge in [-0.2, -0.15) is 4.31 Å². The van der Waals surface area contributed by atoms with Crippen molar-refractivity contribution >= 4 is 15.7 Å². The first-order chi connectivity index (χ1) is 13.8. The summed E-state index contributed by atoms with van der Waals surface area (Å²) in [5.41, 5.74) is 2.01. The molecule has 0 amide bonds. The van der Waals surface area contributed by atoms with E-state index >= 15 is 0 Å². The first-order valence-corrected chi connectivity index (χ1v) is 10.9. The minimum Gasteiger partial charge on any atom is -0.328 e. The Labute approximate surface area is 168 Å². The molecular weight excluding hydrogens is 395 g/mol. The predicted octanol–water partition coefficient (Wildman–Crippen LogP) is 0.231. The second kappa shape index (κ2) is 7.66. The average molecular weight is 417 g/mol. The number of quaternary nitrogens is 1. The quantitative estimate of drug-likeness (QED) is 0.660. The number of sulfonamides is 1. The second-order valence-electron chi connectivity index (χ2n) is 7.23. The van der Waals surface area contributed by atoms with Crippen LogP contribution < -0.4 is 10.5 Å². The molecule has 0 unspecified atom stereocenters. The van der Waals surface area contributed by atoms with Crippen LogP contribution in [-0.2, 0) is 16.6 Å². The summed E-state index contributed by atoms with van der Waals surface area (Å²) in [5.74, 6) is -0.570. The monoisotopic (exact) mass is 417 g/mol. The first kappa shape index (κ1) is 19.7. The fraction of sp³-hybridized carbons (Fsp3) is 0.300. The van der Waals surface area contributed by atoms with Crippen molar-refractivity contribution in [2.45, 2.75) is 18.4 Å². The summed E-state index contributed by atoms with van der Waals surface area (Å²) in [5, 5.41) is 0. The third-order valence-electron chi connectivity index (χ3n) is 5.23. The molecule has 2 aromatic heterocycles. The molecule has 1 aromatic carbocycles. The van der Waals surface area contributed by atoms with E-state index in [4.69, 9.17) is 0 Å². The van der Waals surface area contributed by atoms with Gasteiger partial charge in [0.25, 0.3) is 5.56 Å². The summed E-state index contributed by atoms with van der Waals surface area (Å²) >= 11 is 0. The van der Waals surface area contributed by atoms with E-state index < -0.39 is 15.8 Å². The van der Waals surface area contributed by atoms with E-state index in [0.717, 1.165) is 16.7 Å². The van der Waals surface area contributed by atoms with Crippen molar-refractivity contribution in [2.24, 2.45) is 0 Å². The molecular formula is C20H22FN4O3S+. The number of rotatable bonds is 4. The molecule has 0 radical (unpaired) electrons. The molecule has 152 valence electrons. The lowest BCUT2D eigenvalue weighted by atomic mass is 10.3. The zero-order valence-electron chi connectivity index (χ0n) is 16.0. The van der Waals surface area contributed by atoms with Crippen molar-refractivity contribution in [1.29, 1.82) is 0 Å². The smallest absolute Gasteiger partial charge is 0.258 e. The number of aryl methyl sites for hydroxylation is 1. The zero-order valence-corrected chi connectivity index (χ0v) is 16.8. The fourth-order valence-corrected chi connectivity index (χ4v) is 5.18. The van der Waals surface area contributed by atoms with E-state index in [9.17, 15) is 17.6 Å². The first-order valence-electron chi connectivity index (χ1n) is 9.42. The number of aromatic nitrogens is 2. The third kappa shape index (κ3) is 3.93. The van der Waals surface area contributed by atoms with Gasteiger partial charge < -0.3 is 4.90 Å². The van der Waals surface area contributed by atoms with Gasteiger partial charge in [0.15, 0.2) is 0 Å². The van der Waals surface area contributed by atoms with Crippen molar-refractivity contribution in [3.63, 3.8) is 0 Å². The molecule has 7 nitrogen and oxygen atoms in total. The van der Waals surface area contributed by atoms with Crippen molar-refractivity contribution in [3.8, 4) is 0 Å². The fourth-order valence-electron chi connectivity index (χ4n) is 3.71. The zero-order chi connectivity index (χ0) is 20.6. The van der Waals surface area contributed by atoms with E-state index in [1.807, 2.05) is 19.1 Å². The van der Waals surface area contributed by atoms with Gasteiger partial charge in [-0.05, 0) is 37.3 Å². The molecule has 3 heterocycles. The Bertz CT molecular complexity index is 1220. The van der Waals surface area contributed by atoms with Crippen LogP contribution in [0.2, 0.25) is 0 Å². The van der Waals surface area contributed by atoms with Gasteiger partial charge in [0.2, 0.25) is 10.0 Å². The molecule has 1 N–H and O–H groups in total. The standard InChI is InChI=1S/C20H21FN4O3S/c1-15-4-2-7-19-22-17(13-20(26)25(15)19)14-23-8-10-24(11-9-23)29(27,28)18-6-3-5-16(21)12-18/h2-7,12-13H,8-11,14H2,1H3/p+1. The highest BCUT2D eigenvalue weighted by Gasteiger charge is 2.30. The van der Waals surface area contributed by atoms with Crippen LogP contribution >= 0.6 is 0 Å². The number of nitrogens with one attached hydrogen (secondary N) is 1. The van der Waals surface area contributed by atoms with Crippen LogP contribution in [-0.4, -0.2) is 48.3 Å². The Kier molecular flexibility index (Phi) is 5.20. The molecule has 1 aliphatic heterocycles. The number of benzene rings is 1. The van der Waals surface area contributed by atoms with Crippen molar-refractivity contribution in [2.75, 3.05) is 26.2 Å². The van der Waals surface area contributed by atoms with Crippen molar-refractivity contribution in [1.82, 2.24) is 13.7 Å². The molecule has 3 aromatic rings. The van der Waals surface area contributed by atoms with E-state index in [1.165, 1.54) is 22.5 Å². The summed E-state index contributed by atoms with van der Waals surface area (Å²) in [6, 6.07) is 12.1. The van der Waals surface area contributed by atoms with Gasteiger partial charge in [-0.1, -0.05) is 12.1 Å². The van der Waals surface area contributed by atoms with Crippen molar-refractivity contribution in [3.05, 3.63) is 76.1 Å². The van der Waals surface area contributed by atoms with Crippen LogP contribution in [0.1, 0.15) is 11.4 Å². The van der Waals surface area contributed by atoms with Crippen LogP contribution in [0.5, 0.6) is 0 Å². The Hall–Kier alpha value is -2.62. The lowest BCUT2D eigenvalue weighted by Crippen LogP contribution is -3.13. The largest absolute Gasteiger partial charge is 0.328 e.